The molecule has 0 saturated heterocycles. The van der Waals surface area contributed by atoms with Crippen LogP contribution in [0, 0.1) is 0 Å². The van der Waals surface area contributed by atoms with E-state index in [-0.39, 0.29) is 18.1 Å². The Morgan fingerprint density at radius 1 is 0.879 bits per heavy atom. The molecule has 0 saturated carbocycles. The summed E-state index contributed by atoms with van der Waals surface area (Å²) >= 11 is 0. The van der Waals surface area contributed by atoms with Gasteiger partial charge in [0, 0.05) is 12.6 Å². The second-order valence-electron chi connectivity index (χ2n) is 7.29. The molecule has 4 aromatic rings. The Bertz CT molecular complexity index is 1220. The van der Waals surface area contributed by atoms with Crippen LogP contribution >= 0.6 is 0 Å². The molecule has 0 aliphatic carbocycles. The third-order valence-electron chi connectivity index (χ3n) is 4.99. The van der Waals surface area contributed by atoms with Crippen molar-refractivity contribution in [2.45, 2.75) is 19.4 Å². The van der Waals surface area contributed by atoms with Gasteiger partial charge in [-0.05, 0) is 41.8 Å². The number of oxazole rings is 1. The maximum Gasteiger partial charge on any atom is 0.339 e. The molecule has 0 amide bonds. The maximum atomic E-state index is 12.5. The predicted molar refractivity (Wildman–Crippen MR) is 121 cm³/mol. The highest BCUT2D eigenvalue weighted by Crippen LogP contribution is 2.20. The molecule has 0 fully saturated rings. The molecule has 7 nitrogen and oxygen atoms in total. The number of benzene rings is 2. The van der Waals surface area contributed by atoms with Crippen LogP contribution in [0.15, 0.2) is 83.5 Å². The molecular weight excluding hydrogens is 420 g/mol. The molecule has 4 rings (SSSR count). The van der Waals surface area contributed by atoms with Crippen LogP contribution in [0.5, 0.6) is 5.75 Å². The molecule has 33 heavy (non-hydrogen) atoms. The molecule has 0 spiro atoms. The molecule has 2 aromatic carbocycles. The zero-order valence-electron chi connectivity index (χ0n) is 18.1. The Morgan fingerprint density at radius 2 is 1.64 bits per heavy atom. The molecule has 0 aliphatic heterocycles. The topological polar surface area (TPSA) is 91.5 Å². The largest absolute Gasteiger partial charge is 0.489 e. The van der Waals surface area contributed by atoms with Gasteiger partial charge >= 0.3 is 5.97 Å². The lowest BCUT2D eigenvalue weighted by Crippen LogP contribution is -2.02. The Kier molecular flexibility index (Phi) is 6.90. The summed E-state index contributed by atoms with van der Waals surface area (Å²) in [5.74, 6) is 0.560. The second-order valence-corrected chi connectivity index (χ2v) is 7.29. The third-order valence-corrected chi connectivity index (χ3v) is 4.99. The number of ketones is 1. The number of aryl methyl sites for hydroxylation is 1. The van der Waals surface area contributed by atoms with Gasteiger partial charge in [-0.1, -0.05) is 42.5 Å². The Balaban J connectivity index is 1.30. The summed E-state index contributed by atoms with van der Waals surface area (Å²) in [6, 6.07) is 20.8. The molecule has 0 bridgehead atoms. The van der Waals surface area contributed by atoms with Crippen LogP contribution in [0.1, 0.15) is 38.6 Å². The number of Topliss-reactive ketones (excluding diaryl/α,β-unsaturated/α-hetero) is 1. The summed E-state index contributed by atoms with van der Waals surface area (Å²) < 4.78 is 16.0. The minimum atomic E-state index is -0.473. The van der Waals surface area contributed by atoms with Crippen molar-refractivity contribution in [3.63, 3.8) is 0 Å². The minimum absolute atomic E-state index is 0.0386. The average molecular weight is 442 g/mol. The number of rotatable bonds is 9. The van der Waals surface area contributed by atoms with Gasteiger partial charge in [0.05, 0.1) is 18.9 Å². The van der Waals surface area contributed by atoms with Gasteiger partial charge in [0.1, 0.15) is 18.1 Å². The molecule has 7 heteroatoms. The van der Waals surface area contributed by atoms with Crippen molar-refractivity contribution in [3.05, 3.63) is 102 Å². The Hall–Kier alpha value is -4.26. The summed E-state index contributed by atoms with van der Waals surface area (Å²) in [4.78, 5) is 32.3. The first kappa shape index (κ1) is 22.0. The molecule has 2 aromatic heterocycles. The summed E-state index contributed by atoms with van der Waals surface area (Å²) in [5, 5.41) is 0. The highest BCUT2D eigenvalue weighted by molar-refractivity contribution is 5.92. The van der Waals surface area contributed by atoms with E-state index in [0.29, 0.717) is 30.0 Å². The van der Waals surface area contributed by atoms with Crippen molar-refractivity contribution in [1.82, 2.24) is 9.97 Å². The van der Waals surface area contributed by atoms with Gasteiger partial charge in [0.15, 0.2) is 5.76 Å². The Morgan fingerprint density at radius 3 is 2.33 bits per heavy atom. The molecule has 2 heterocycles. The summed E-state index contributed by atoms with van der Waals surface area (Å²) in [5.41, 5.74) is 2.90. The SMILES string of the molecule is COC(=O)c1ccc(-c2cnc(C(=O)CCc3ccc(COc4ccccc4)cc3)o2)nc1. The number of carbonyl (C=O) groups is 2. The molecule has 0 radical (unpaired) electrons. The number of pyridine rings is 1. The van der Waals surface area contributed by atoms with Crippen LogP contribution in [0.2, 0.25) is 0 Å². The molecule has 0 unspecified atom stereocenters. The number of methoxy groups -OCH3 is 1. The third kappa shape index (κ3) is 5.71. The van der Waals surface area contributed by atoms with Crippen LogP contribution in [-0.4, -0.2) is 28.8 Å². The molecule has 0 aliphatic rings. The fourth-order valence-corrected chi connectivity index (χ4v) is 3.15. The zero-order valence-corrected chi connectivity index (χ0v) is 18.1. The first-order chi connectivity index (χ1) is 16.1. The highest BCUT2D eigenvalue weighted by atomic mass is 16.5. The molecule has 0 N–H and O–H groups in total. The van der Waals surface area contributed by atoms with Gasteiger partial charge in [-0.3, -0.25) is 9.78 Å². The molecular formula is C26H22N2O5. The summed E-state index contributed by atoms with van der Waals surface area (Å²) in [7, 11) is 1.30. The zero-order chi connectivity index (χ0) is 23.0. The standard InChI is InChI=1S/C26H22N2O5/c1-31-26(30)20-12-13-22(27-15-20)24-16-28-25(33-24)23(29)14-11-18-7-9-19(10-8-18)17-32-21-5-3-2-4-6-21/h2-10,12-13,15-16H,11,14,17H2,1H3. The number of hydrogen-bond donors (Lipinski definition) is 0. The van der Waals surface area contributed by atoms with Crippen molar-refractivity contribution in [2.75, 3.05) is 7.11 Å². The normalized spacial score (nSPS) is 10.6. The highest BCUT2D eigenvalue weighted by Gasteiger charge is 2.15. The van der Waals surface area contributed by atoms with Crippen LogP contribution in [-0.2, 0) is 17.8 Å². The smallest absolute Gasteiger partial charge is 0.339 e. The van der Waals surface area contributed by atoms with Crippen LogP contribution in [0.25, 0.3) is 11.5 Å². The van der Waals surface area contributed by atoms with E-state index >= 15 is 0 Å². The fraction of sp³-hybridized carbons (Fsp3) is 0.154. The van der Waals surface area contributed by atoms with E-state index in [1.54, 1.807) is 12.1 Å². The Labute approximate surface area is 191 Å². The van der Waals surface area contributed by atoms with E-state index in [1.807, 2.05) is 54.6 Å². The second kappa shape index (κ2) is 10.4. The van der Waals surface area contributed by atoms with Gasteiger partial charge in [-0.15, -0.1) is 0 Å². The number of hydrogen-bond acceptors (Lipinski definition) is 7. The van der Waals surface area contributed by atoms with Gasteiger partial charge in [0.2, 0.25) is 5.78 Å². The predicted octanol–water partition coefficient (Wildman–Crippen LogP) is 4.92. The minimum Gasteiger partial charge on any atom is -0.489 e. The maximum absolute atomic E-state index is 12.5. The molecule has 166 valence electrons. The van der Waals surface area contributed by atoms with E-state index in [2.05, 4.69) is 14.7 Å². The number of esters is 1. The number of carbonyl (C=O) groups excluding carboxylic acids is 2. The van der Waals surface area contributed by atoms with Crippen LogP contribution in [0.3, 0.4) is 0 Å². The lowest BCUT2D eigenvalue weighted by atomic mass is 10.1. The fourth-order valence-electron chi connectivity index (χ4n) is 3.15. The van der Waals surface area contributed by atoms with Gasteiger partial charge in [-0.2, -0.15) is 0 Å². The van der Waals surface area contributed by atoms with Crippen molar-refractivity contribution in [1.29, 1.82) is 0 Å². The van der Waals surface area contributed by atoms with Gasteiger partial charge in [-0.25, -0.2) is 9.78 Å². The van der Waals surface area contributed by atoms with E-state index in [4.69, 9.17) is 9.15 Å². The summed E-state index contributed by atoms with van der Waals surface area (Å²) in [6.45, 7) is 0.483. The van der Waals surface area contributed by atoms with E-state index in [0.717, 1.165) is 16.9 Å². The first-order valence-electron chi connectivity index (χ1n) is 10.4. The number of nitrogens with zero attached hydrogens (tertiary/aromatic N) is 2. The van der Waals surface area contributed by atoms with E-state index < -0.39 is 5.97 Å². The van der Waals surface area contributed by atoms with Crippen LogP contribution in [0.4, 0.5) is 0 Å². The van der Waals surface area contributed by atoms with Crippen LogP contribution < -0.4 is 4.74 Å². The van der Waals surface area contributed by atoms with E-state index in [1.165, 1.54) is 19.5 Å². The number of ether oxygens (including phenoxy) is 2. The quantitative estimate of drug-likeness (QED) is 0.268. The van der Waals surface area contributed by atoms with Crippen molar-refractivity contribution in [3.8, 4) is 17.2 Å². The first-order valence-corrected chi connectivity index (χ1v) is 10.4. The van der Waals surface area contributed by atoms with Gasteiger partial charge in [0.25, 0.3) is 5.89 Å². The molecule has 0 atom stereocenters. The lowest BCUT2D eigenvalue weighted by Gasteiger charge is -2.07. The number of aromatic nitrogens is 2. The van der Waals surface area contributed by atoms with Crippen molar-refractivity contribution in [2.24, 2.45) is 0 Å². The summed E-state index contributed by atoms with van der Waals surface area (Å²) in [6.07, 6.45) is 3.69. The van der Waals surface area contributed by atoms with Crippen molar-refractivity contribution >= 4 is 11.8 Å². The lowest BCUT2D eigenvalue weighted by molar-refractivity contribution is 0.0600. The number of para-hydroxylation sites is 1. The van der Waals surface area contributed by atoms with Crippen molar-refractivity contribution < 1.29 is 23.5 Å². The monoisotopic (exact) mass is 442 g/mol. The van der Waals surface area contributed by atoms with Gasteiger partial charge < -0.3 is 13.9 Å². The van der Waals surface area contributed by atoms with E-state index in [9.17, 15) is 9.59 Å². The average Bonchev–Trinajstić information content (AvgIpc) is 3.37.